The van der Waals surface area contributed by atoms with E-state index in [1.165, 1.54) is 23.4 Å². The quantitative estimate of drug-likeness (QED) is 0.809. The van der Waals surface area contributed by atoms with Crippen LogP contribution in [-0.2, 0) is 7.05 Å². The van der Waals surface area contributed by atoms with Crippen molar-refractivity contribution in [1.29, 1.82) is 0 Å². The fourth-order valence-corrected chi connectivity index (χ4v) is 3.17. The molecule has 1 saturated heterocycles. The Morgan fingerprint density at radius 2 is 2.50 bits per heavy atom. The van der Waals surface area contributed by atoms with Crippen LogP contribution >= 0.6 is 11.8 Å². The summed E-state index contributed by atoms with van der Waals surface area (Å²) in [5, 5.41) is 8.35. The molecule has 0 aliphatic carbocycles. The molecule has 0 aromatic carbocycles. The van der Waals surface area contributed by atoms with Crippen molar-refractivity contribution in [1.82, 2.24) is 15.1 Å². The van der Waals surface area contributed by atoms with E-state index < -0.39 is 0 Å². The Bertz CT molecular complexity index is 321. The monoisotopic (exact) mass is 211 g/mol. The third-order valence-corrected chi connectivity index (χ3v) is 4.22. The van der Waals surface area contributed by atoms with Crippen molar-refractivity contribution in [3.8, 4) is 0 Å². The Morgan fingerprint density at radius 3 is 3.00 bits per heavy atom. The lowest BCUT2D eigenvalue weighted by Crippen LogP contribution is -2.24. The van der Waals surface area contributed by atoms with Crippen LogP contribution in [0.15, 0.2) is 6.20 Å². The van der Waals surface area contributed by atoms with Gasteiger partial charge in [0.05, 0.1) is 11.6 Å². The Labute approximate surface area is 89.3 Å². The molecule has 1 aromatic rings. The standard InChI is InChI=1S/C10H17N3S/c1-4-8-6-14-10(12-8)9-5-11-13(3)7(9)2/h5,8,10,12H,4,6H2,1-3H3. The molecular formula is C10H17N3S. The van der Waals surface area contributed by atoms with Gasteiger partial charge in [0, 0.05) is 30.1 Å². The van der Waals surface area contributed by atoms with Gasteiger partial charge in [0.25, 0.3) is 0 Å². The highest BCUT2D eigenvalue weighted by atomic mass is 32.2. The number of aromatic nitrogens is 2. The Balaban J connectivity index is 2.13. The van der Waals surface area contributed by atoms with E-state index in [-0.39, 0.29) is 0 Å². The van der Waals surface area contributed by atoms with Gasteiger partial charge in [-0.25, -0.2) is 0 Å². The smallest absolute Gasteiger partial charge is 0.0825 e. The molecule has 3 nitrogen and oxygen atoms in total. The summed E-state index contributed by atoms with van der Waals surface area (Å²) in [5.41, 5.74) is 2.61. The van der Waals surface area contributed by atoms with Crippen molar-refractivity contribution in [3.05, 3.63) is 17.5 Å². The summed E-state index contributed by atoms with van der Waals surface area (Å²) in [5.74, 6) is 1.22. The summed E-state index contributed by atoms with van der Waals surface area (Å²) in [4.78, 5) is 0. The molecular weight excluding hydrogens is 194 g/mol. The highest BCUT2D eigenvalue weighted by Crippen LogP contribution is 2.34. The van der Waals surface area contributed by atoms with Crippen LogP contribution in [0.2, 0.25) is 0 Å². The van der Waals surface area contributed by atoms with Crippen LogP contribution < -0.4 is 5.32 Å². The minimum atomic E-state index is 0.452. The number of nitrogens with one attached hydrogen (secondary N) is 1. The van der Waals surface area contributed by atoms with Gasteiger partial charge >= 0.3 is 0 Å². The normalized spacial score (nSPS) is 27.1. The van der Waals surface area contributed by atoms with Gasteiger partial charge in [-0.3, -0.25) is 10.00 Å². The topological polar surface area (TPSA) is 29.9 Å². The summed E-state index contributed by atoms with van der Waals surface area (Å²) >= 11 is 1.99. The molecule has 4 heteroatoms. The van der Waals surface area contributed by atoms with Crippen molar-refractivity contribution in [2.75, 3.05) is 5.75 Å². The molecule has 0 saturated carbocycles. The van der Waals surface area contributed by atoms with Gasteiger partial charge in [0.15, 0.2) is 0 Å². The number of aryl methyl sites for hydroxylation is 1. The first-order valence-electron chi connectivity index (χ1n) is 5.08. The molecule has 14 heavy (non-hydrogen) atoms. The molecule has 1 aliphatic rings. The highest BCUT2D eigenvalue weighted by Gasteiger charge is 2.26. The zero-order valence-corrected chi connectivity index (χ0v) is 9.77. The highest BCUT2D eigenvalue weighted by molar-refractivity contribution is 7.99. The van der Waals surface area contributed by atoms with Gasteiger partial charge in [0.1, 0.15) is 0 Å². The lowest BCUT2D eigenvalue weighted by molar-refractivity contribution is 0.560. The maximum Gasteiger partial charge on any atom is 0.0825 e. The summed E-state index contributed by atoms with van der Waals surface area (Å²) in [6, 6.07) is 0.671. The average Bonchev–Trinajstić information content (AvgIpc) is 2.75. The molecule has 0 spiro atoms. The lowest BCUT2D eigenvalue weighted by Gasteiger charge is -2.11. The second-order valence-corrected chi connectivity index (χ2v) is 4.93. The van der Waals surface area contributed by atoms with E-state index in [0.29, 0.717) is 11.4 Å². The molecule has 1 fully saturated rings. The van der Waals surface area contributed by atoms with Gasteiger partial charge in [-0.1, -0.05) is 6.92 Å². The van der Waals surface area contributed by atoms with E-state index >= 15 is 0 Å². The summed E-state index contributed by atoms with van der Waals surface area (Å²) < 4.78 is 1.94. The van der Waals surface area contributed by atoms with Crippen molar-refractivity contribution in [2.45, 2.75) is 31.7 Å². The number of hydrogen-bond donors (Lipinski definition) is 1. The second kappa shape index (κ2) is 3.95. The molecule has 1 aliphatic heterocycles. The van der Waals surface area contributed by atoms with E-state index in [9.17, 15) is 0 Å². The van der Waals surface area contributed by atoms with Crippen LogP contribution in [0.5, 0.6) is 0 Å². The minimum Gasteiger partial charge on any atom is -0.298 e. The van der Waals surface area contributed by atoms with Crippen molar-refractivity contribution < 1.29 is 0 Å². The van der Waals surface area contributed by atoms with Crippen LogP contribution in [0.3, 0.4) is 0 Å². The summed E-state index contributed by atoms with van der Waals surface area (Å²) in [7, 11) is 2.00. The van der Waals surface area contributed by atoms with Crippen LogP contribution in [-0.4, -0.2) is 21.6 Å². The minimum absolute atomic E-state index is 0.452. The first kappa shape index (κ1) is 10.1. The molecule has 1 aromatic heterocycles. The average molecular weight is 211 g/mol. The molecule has 0 radical (unpaired) electrons. The van der Waals surface area contributed by atoms with Crippen LogP contribution in [0.1, 0.15) is 30.0 Å². The summed E-state index contributed by atoms with van der Waals surface area (Å²) in [6.07, 6.45) is 3.20. The van der Waals surface area contributed by atoms with Gasteiger partial charge < -0.3 is 0 Å². The molecule has 0 bridgehead atoms. The zero-order chi connectivity index (χ0) is 10.1. The first-order chi connectivity index (χ1) is 6.72. The maximum atomic E-state index is 4.27. The van der Waals surface area contributed by atoms with Gasteiger partial charge in [-0.15, -0.1) is 11.8 Å². The van der Waals surface area contributed by atoms with Gasteiger partial charge in [-0.05, 0) is 13.3 Å². The fourth-order valence-electron chi connectivity index (χ4n) is 1.71. The van der Waals surface area contributed by atoms with Gasteiger partial charge in [0.2, 0.25) is 0 Å². The predicted octanol–water partition coefficient (Wildman–Crippen LogP) is 1.84. The molecule has 2 rings (SSSR count). The Hall–Kier alpha value is -0.480. The number of nitrogens with zero attached hydrogens (tertiary/aromatic N) is 2. The maximum absolute atomic E-state index is 4.27. The predicted molar refractivity (Wildman–Crippen MR) is 60.4 cm³/mol. The Kier molecular flexibility index (Phi) is 2.83. The van der Waals surface area contributed by atoms with Crippen molar-refractivity contribution in [2.24, 2.45) is 7.05 Å². The van der Waals surface area contributed by atoms with E-state index in [0.717, 1.165) is 0 Å². The number of thioether (sulfide) groups is 1. The van der Waals surface area contributed by atoms with E-state index in [2.05, 4.69) is 24.3 Å². The number of rotatable bonds is 2. The van der Waals surface area contributed by atoms with Crippen LogP contribution in [0.25, 0.3) is 0 Å². The third kappa shape index (κ3) is 1.68. The van der Waals surface area contributed by atoms with E-state index in [1.54, 1.807) is 0 Å². The van der Waals surface area contributed by atoms with E-state index in [4.69, 9.17) is 0 Å². The SMILES string of the molecule is CCC1CSC(c2cnn(C)c2C)N1. The van der Waals surface area contributed by atoms with E-state index in [1.807, 2.05) is 29.7 Å². The fraction of sp³-hybridized carbons (Fsp3) is 0.700. The molecule has 2 unspecified atom stereocenters. The number of hydrogen-bond acceptors (Lipinski definition) is 3. The van der Waals surface area contributed by atoms with Crippen LogP contribution in [0, 0.1) is 6.92 Å². The zero-order valence-electron chi connectivity index (χ0n) is 8.95. The van der Waals surface area contributed by atoms with Crippen LogP contribution in [0.4, 0.5) is 0 Å². The molecule has 2 atom stereocenters. The Morgan fingerprint density at radius 1 is 1.71 bits per heavy atom. The van der Waals surface area contributed by atoms with Crippen molar-refractivity contribution >= 4 is 11.8 Å². The summed E-state index contributed by atoms with van der Waals surface area (Å²) in [6.45, 7) is 4.36. The van der Waals surface area contributed by atoms with Crippen molar-refractivity contribution in [3.63, 3.8) is 0 Å². The molecule has 1 N–H and O–H groups in total. The lowest BCUT2D eigenvalue weighted by atomic mass is 10.2. The van der Waals surface area contributed by atoms with Gasteiger partial charge in [-0.2, -0.15) is 5.10 Å². The second-order valence-electron chi connectivity index (χ2n) is 3.79. The molecule has 78 valence electrons. The largest absolute Gasteiger partial charge is 0.298 e. The molecule has 2 heterocycles. The third-order valence-electron chi connectivity index (χ3n) is 2.90. The molecule has 0 amide bonds. The first-order valence-corrected chi connectivity index (χ1v) is 6.13.